The maximum Gasteiger partial charge on any atom is 0.136 e. The molecule has 1 heterocycles. The molecule has 1 aliphatic carbocycles. The zero-order valence-corrected chi connectivity index (χ0v) is 30.9. The third-order valence-corrected chi connectivity index (χ3v) is 11.4. The van der Waals surface area contributed by atoms with E-state index in [-0.39, 0.29) is 35.4 Å². The summed E-state index contributed by atoms with van der Waals surface area (Å²) < 4.78 is 44.7. The van der Waals surface area contributed by atoms with Gasteiger partial charge in [0.25, 0.3) is 0 Å². The van der Waals surface area contributed by atoms with E-state index in [1.54, 1.807) is 0 Å². The van der Waals surface area contributed by atoms with Gasteiger partial charge in [-0.3, -0.25) is 0 Å². The van der Waals surface area contributed by atoms with Crippen LogP contribution in [-0.4, -0.2) is 0 Å². The molecular formula is C55H37NO. The fourth-order valence-corrected chi connectivity index (χ4v) is 8.86. The third-order valence-electron chi connectivity index (χ3n) is 11.4. The van der Waals surface area contributed by atoms with Crippen LogP contribution in [0.25, 0.3) is 55.3 Å². The number of nitrogens with zero attached hydrogens (tertiary/aromatic N) is 1. The van der Waals surface area contributed by atoms with Crippen molar-refractivity contribution >= 4 is 39.0 Å². The minimum absolute atomic E-state index is 0.131. The summed E-state index contributed by atoms with van der Waals surface area (Å²) in [6.45, 7) is 0. The minimum Gasteiger partial charge on any atom is -0.456 e. The first kappa shape index (κ1) is 28.9. The average molecular weight is 732 g/mol. The van der Waals surface area contributed by atoms with Gasteiger partial charge in [-0.15, -0.1) is 0 Å². The molecule has 0 amide bonds. The molecule has 0 saturated carbocycles. The predicted octanol–water partition coefficient (Wildman–Crippen LogP) is 14.8. The summed E-state index contributed by atoms with van der Waals surface area (Å²) in [7, 11) is 0. The fourth-order valence-electron chi connectivity index (χ4n) is 8.86. The Bertz CT molecular complexity index is 3220. The minimum atomic E-state index is -0.679. The molecule has 0 aliphatic heterocycles. The summed E-state index contributed by atoms with van der Waals surface area (Å²) in [6, 6.07) is 67.3. The molecule has 0 N–H and O–H groups in total. The van der Waals surface area contributed by atoms with Gasteiger partial charge in [-0.05, 0) is 110 Å². The zero-order chi connectivity index (χ0) is 41.2. The Labute approximate surface area is 338 Å². The van der Waals surface area contributed by atoms with Crippen molar-refractivity contribution in [2.45, 2.75) is 5.41 Å². The van der Waals surface area contributed by atoms with Gasteiger partial charge in [0, 0.05) is 27.8 Å². The van der Waals surface area contributed by atoms with Crippen LogP contribution in [0, 0.1) is 0 Å². The number of fused-ring (bicyclic) bond motifs is 6. The summed E-state index contributed by atoms with van der Waals surface area (Å²) >= 11 is 0. The molecule has 2 nitrogen and oxygen atoms in total. The summed E-state index contributed by atoms with van der Waals surface area (Å²) in [4.78, 5) is 1.89. The molecular weight excluding hydrogens is 691 g/mol. The van der Waals surface area contributed by atoms with Crippen molar-refractivity contribution in [1.29, 1.82) is 0 Å². The van der Waals surface area contributed by atoms with E-state index in [2.05, 4.69) is 97.1 Å². The molecule has 57 heavy (non-hydrogen) atoms. The Hall–Kier alpha value is -7.42. The van der Waals surface area contributed by atoms with Crippen LogP contribution < -0.4 is 4.90 Å². The highest BCUT2D eigenvalue weighted by molar-refractivity contribution is 6.06. The SMILES string of the molecule is [2H]c1c([2H])c(N(c2ccc(-c3ccccc3)cc2)c2ccc3c(c2)C(c2ccccc2)(c2ccccc2)c2ccccc2-3)c([2H])c([2H])c1-c1ccc2c(c1)oc1ccccc12. The quantitative estimate of drug-likeness (QED) is 0.162. The molecule has 0 fully saturated rings. The van der Waals surface area contributed by atoms with Crippen LogP contribution in [-0.2, 0) is 5.41 Å². The lowest BCUT2D eigenvalue weighted by Gasteiger charge is -2.35. The van der Waals surface area contributed by atoms with Crippen LogP contribution >= 0.6 is 0 Å². The zero-order valence-electron chi connectivity index (χ0n) is 34.9. The molecule has 0 bridgehead atoms. The average Bonchev–Trinajstić information content (AvgIpc) is 3.84. The smallest absolute Gasteiger partial charge is 0.136 e. The van der Waals surface area contributed by atoms with Crippen LogP contribution in [0.15, 0.2) is 229 Å². The third kappa shape index (κ3) is 5.33. The number of hydrogen-bond donors (Lipinski definition) is 0. The molecule has 11 rings (SSSR count). The van der Waals surface area contributed by atoms with E-state index in [4.69, 9.17) is 4.42 Å². The summed E-state index contributed by atoms with van der Waals surface area (Å²) in [5.74, 6) is 0. The molecule has 0 atom stereocenters. The second kappa shape index (κ2) is 13.4. The Balaban J connectivity index is 1.15. The predicted molar refractivity (Wildman–Crippen MR) is 237 cm³/mol. The van der Waals surface area contributed by atoms with Crippen LogP contribution in [0.5, 0.6) is 0 Å². The van der Waals surface area contributed by atoms with E-state index in [1.165, 1.54) is 5.56 Å². The van der Waals surface area contributed by atoms with E-state index >= 15 is 0 Å². The second-order valence-corrected chi connectivity index (χ2v) is 14.5. The molecule has 0 radical (unpaired) electrons. The summed E-state index contributed by atoms with van der Waals surface area (Å²) in [5.41, 5.74) is 11.9. The van der Waals surface area contributed by atoms with Gasteiger partial charge in [0.2, 0.25) is 0 Å². The lowest BCUT2D eigenvalue weighted by molar-refractivity contribution is 0.669. The van der Waals surface area contributed by atoms with E-state index < -0.39 is 5.41 Å². The number of anilines is 3. The molecule has 1 aromatic heterocycles. The molecule has 0 unspecified atom stereocenters. The highest BCUT2D eigenvalue weighted by Crippen LogP contribution is 2.57. The van der Waals surface area contributed by atoms with Crippen molar-refractivity contribution in [2.75, 3.05) is 4.90 Å². The highest BCUT2D eigenvalue weighted by Gasteiger charge is 2.46. The summed E-state index contributed by atoms with van der Waals surface area (Å²) in [6.07, 6.45) is 0. The standard InChI is InChI=1S/C55H37NO/c1-4-14-38(15-5-1)39-24-29-44(30-25-39)56(45-31-26-40(27-32-45)41-28-34-50-49-21-11-13-23-53(49)57-54(50)36-41)46-33-35-48-47-20-10-12-22-51(47)55(52(48)37-46,42-16-6-2-7-17-42)43-18-8-3-9-19-43/h1-37H/i26D,27D,31D,32D. The van der Waals surface area contributed by atoms with Gasteiger partial charge in [0.15, 0.2) is 0 Å². The van der Waals surface area contributed by atoms with Crippen LogP contribution in [0.1, 0.15) is 27.7 Å². The van der Waals surface area contributed by atoms with Gasteiger partial charge in [-0.2, -0.15) is 0 Å². The first-order valence-corrected chi connectivity index (χ1v) is 19.3. The fraction of sp³-hybridized carbons (Fsp3) is 0.0182. The van der Waals surface area contributed by atoms with Crippen LogP contribution in [0.3, 0.4) is 0 Å². The second-order valence-electron chi connectivity index (χ2n) is 14.5. The van der Waals surface area contributed by atoms with E-state index in [0.29, 0.717) is 22.5 Å². The van der Waals surface area contributed by atoms with Crippen LogP contribution in [0.2, 0.25) is 0 Å². The molecule has 9 aromatic carbocycles. The van der Waals surface area contributed by atoms with Gasteiger partial charge in [0.1, 0.15) is 11.2 Å². The van der Waals surface area contributed by atoms with Gasteiger partial charge in [-0.25, -0.2) is 0 Å². The monoisotopic (exact) mass is 731 g/mol. The lowest BCUT2D eigenvalue weighted by Crippen LogP contribution is -2.28. The molecule has 10 aromatic rings. The van der Waals surface area contributed by atoms with Crippen molar-refractivity contribution in [3.8, 4) is 33.4 Å². The summed E-state index contributed by atoms with van der Waals surface area (Å²) in [5, 5.41) is 1.91. The van der Waals surface area contributed by atoms with Crippen molar-refractivity contribution < 1.29 is 9.90 Å². The van der Waals surface area contributed by atoms with Crippen molar-refractivity contribution in [3.05, 3.63) is 247 Å². The lowest BCUT2D eigenvalue weighted by atomic mass is 9.67. The Morgan fingerprint density at radius 1 is 0.368 bits per heavy atom. The largest absolute Gasteiger partial charge is 0.456 e. The van der Waals surface area contributed by atoms with Crippen molar-refractivity contribution in [3.63, 3.8) is 0 Å². The molecule has 2 heteroatoms. The maximum absolute atomic E-state index is 9.73. The number of para-hydroxylation sites is 1. The first-order chi connectivity index (χ1) is 29.9. The number of furan rings is 1. The van der Waals surface area contributed by atoms with Gasteiger partial charge in [0.05, 0.1) is 10.9 Å². The van der Waals surface area contributed by atoms with Crippen molar-refractivity contribution in [2.24, 2.45) is 0 Å². The van der Waals surface area contributed by atoms with Gasteiger partial charge >= 0.3 is 0 Å². The van der Waals surface area contributed by atoms with E-state index in [1.807, 2.05) is 108 Å². The van der Waals surface area contributed by atoms with E-state index in [0.717, 1.165) is 55.3 Å². The number of hydrogen-bond acceptors (Lipinski definition) is 2. The molecule has 0 saturated heterocycles. The molecule has 0 spiro atoms. The van der Waals surface area contributed by atoms with Crippen LogP contribution in [0.4, 0.5) is 17.1 Å². The molecule has 268 valence electrons. The Kier molecular flexibility index (Phi) is 6.81. The van der Waals surface area contributed by atoms with Gasteiger partial charge < -0.3 is 9.32 Å². The number of rotatable bonds is 7. The Morgan fingerprint density at radius 3 is 1.67 bits per heavy atom. The normalized spacial score (nSPS) is 13.7. The number of benzene rings is 9. The maximum atomic E-state index is 9.73. The van der Waals surface area contributed by atoms with E-state index in [9.17, 15) is 5.48 Å². The first-order valence-electron chi connectivity index (χ1n) is 21.3. The van der Waals surface area contributed by atoms with Gasteiger partial charge in [-0.1, -0.05) is 170 Å². The highest BCUT2D eigenvalue weighted by atomic mass is 16.3. The van der Waals surface area contributed by atoms with Crippen molar-refractivity contribution in [1.82, 2.24) is 0 Å². The Morgan fingerprint density at radius 2 is 0.930 bits per heavy atom. The molecule has 1 aliphatic rings. The topological polar surface area (TPSA) is 16.4 Å².